The van der Waals surface area contributed by atoms with Gasteiger partial charge in [-0.2, -0.15) is 0 Å². The van der Waals surface area contributed by atoms with Crippen LogP contribution in [0.15, 0.2) is 30.3 Å². The second-order valence-electron chi connectivity index (χ2n) is 5.11. The van der Waals surface area contributed by atoms with E-state index >= 15 is 0 Å². The van der Waals surface area contributed by atoms with E-state index in [0.717, 1.165) is 6.42 Å². The summed E-state index contributed by atoms with van der Waals surface area (Å²) in [5.41, 5.74) is 1.26. The lowest BCUT2D eigenvalue weighted by molar-refractivity contribution is -0.137. The highest BCUT2D eigenvalue weighted by molar-refractivity contribution is 5.74. The molecular weight excluding hydrogens is 256 g/mol. The van der Waals surface area contributed by atoms with Crippen molar-refractivity contribution in [1.29, 1.82) is 0 Å². The van der Waals surface area contributed by atoms with E-state index in [9.17, 15) is 9.59 Å². The van der Waals surface area contributed by atoms with Crippen molar-refractivity contribution in [3.05, 3.63) is 35.9 Å². The lowest BCUT2D eigenvalue weighted by Crippen LogP contribution is -2.37. The third-order valence-electron chi connectivity index (χ3n) is 3.44. The highest BCUT2D eigenvalue weighted by Crippen LogP contribution is 2.40. The van der Waals surface area contributed by atoms with E-state index in [1.807, 2.05) is 18.2 Å². The number of hydrogen-bond donors (Lipinski definition) is 3. The van der Waals surface area contributed by atoms with Gasteiger partial charge in [-0.25, -0.2) is 4.79 Å². The molecule has 0 spiro atoms. The number of hydrogen-bond acceptors (Lipinski definition) is 2. The Labute approximate surface area is 118 Å². The van der Waals surface area contributed by atoms with Gasteiger partial charge in [0, 0.05) is 24.9 Å². The summed E-state index contributed by atoms with van der Waals surface area (Å²) in [4.78, 5) is 22.0. The number of amides is 2. The number of carbonyl (C=O) groups excluding carboxylic acids is 1. The molecule has 0 aliphatic heterocycles. The number of unbranched alkanes of at least 4 members (excludes halogenated alkanes) is 1. The smallest absolute Gasteiger partial charge is 0.315 e. The fourth-order valence-electron chi connectivity index (χ4n) is 2.25. The maximum absolute atomic E-state index is 11.6. The molecule has 1 aromatic rings. The average Bonchev–Trinajstić information content (AvgIpc) is 3.18. The zero-order valence-electron chi connectivity index (χ0n) is 11.3. The van der Waals surface area contributed by atoms with Crippen LogP contribution in [-0.2, 0) is 4.79 Å². The van der Waals surface area contributed by atoms with Gasteiger partial charge < -0.3 is 15.7 Å². The van der Waals surface area contributed by atoms with Gasteiger partial charge in [-0.05, 0) is 24.8 Å². The number of aliphatic carboxylic acids is 1. The second kappa shape index (κ2) is 6.93. The largest absolute Gasteiger partial charge is 0.481 e. The van der Waals surface area contributed by atoms with Crippen LogP contribution in [0.1, 0.15) is 37.2 Å². The fraction of sp³-hybridized carbons (Fsp3) is 0.467. The SMILES string of the molecule is O=C(O)CCCCNC(=O)NC1CC1c1ccccc1. The molecule has 0 radical (unpaired) electrons. The van der Waals surface area contributed by atoms with Crippen LogP contribution in [0.4, 0.5) is 4.79 Å². The summed E-state index contributed by atoms with van der Waals surface area (Å²) >= 11 is 0. The summed E-state index contributed by atoms with van der Waals surface area (Å²) < 4.78 is 0. The maximum Gasteiger partial charge on any atom is 0.315 e. The minimum Gasteiger partial charge on any atom is -0.481 e. The molecule has 0 heterocycles. The standard InChI is InChI=1S/C15H20N2O3/c18-14(19)8-4-5-9-16-15(20)17-13-10-12(13)11-6-2-1-3-7-11/h1-3,6-7,12-13H,4-5,8-10H2,(H,18,19)(H2,16,17,20). The fourth-order valence-corrected chi connectivity index (χ4v) is 2.25. The predicted octanol–water partition coefficient (Wildman–Crippen LogP) is 2.10. The van der Waals surface area contributed by atoms with Gasteiger partial charge in [0.1, 0.15) is 0 Å². The van der Waals surface area contributed by atoms with Crippen molar-refractivity contribution < 1.29 is 14.7 Å². The maximum atomic E-state index is 11.6. The van der Waals surface area contributed by atoms with Crippen LogP contribution in [0.25, 0.3) is 0 Å². The van der Waals surface area contributed by atoms with E-state index in [0.29, 0.717) is 25.3 Å². The summed E-state index contributed by atoms with van der Waals surface area (Å²) in [6.07, 6.45) is 2.41. The Morgan fingerprint density at radius 2 is 1.95 bits per heavy atom. The molecule has 1 saturated carbocycles. The quantitative estimate of drug-likeness (QED) is 0.667. The molecule has 3 N–H and O–H groups in total. The first kappa shape index (κ1) is 14.4. The van der Waals surface area contributed by atoms with Gasteiger partial charge in [-0.15, -0.1) is 0 Å². The highest BCUT2D eigenvalue weighted by Gasteiger charge is 2.39. The van der Waals surface area contributed by atoms with Crippen LogP contribution in [-0.4, -0.2) is 29.7 Å². The van der Waals surface area contributed by atoms with E-state index in [1.165, 1.54) is 5.56 Å². The summed E-state index contributed by atoms with van der Waals surface area (Å²) in [6.45, 7) is 0.516. The van der Waals surface area contributed by atoms with E-state index in [4.69, 9.17) is 5.11 Å². The molecule has 5 nitrogen and oxygen atoms in total. The molecule has 2 amide bonds. The lowest BCUT2D eigenvalue weighted by atomic mass is 10.1. The zero-order valence-corrected chi connectivity index (χ0v) is 11.3. The van der Waals surface area contributed by atoms with Gasteiger partial charge in [-0.1, -0.05) is 30.3 Å². The second-order valence-corrected chi connectivity index (χ2v) is 5.11. The Hall–Kier alpha value is -2.04. The zero-order chi connectivity index (χ0) is 14.4. The van der Waals surface area contributed by atoms with Gasteiger partial charge >= 0.3 is 12.0 Å². The molecule has 0 saturated heterocycles. The molecule has 1 aliphatic carbocycles. The molecule has 2 rings (SSSR count). The number of rotatable bonds is 7. The Balaban J connectivity index is 1.59. The van der Waals surface area contributed by atoms with Crippen molar-refractivity contribution >= 4 is 12.0 Å². The molecule has 0 aromatic heterocycles. The van der Waals surface area contributed by atoms with Gasteiger partial charge in [0.15, 0.2) is 0 Å². The molecule has 108 valence electrons. The van der Waals surface area contributed by atoms with Gasteiger partial charge in [0.25, 0.3) is 0 Å². The first-order valence-corrected chi connectivity index (χ1v) is 6.98. The van der Waals surface area contributed by atoms with Gasteiger partial charge in [-0.3, -0.25) is 4.79 Å². The Bertz CT molecular complexity index is 461. The molecule has 5 heteroatoms. The van der Waals surface area contributed by atoms with Crippen molar-refractivity contribution in [1.82, 2.24) is 10.6 Å². The van der Waals surface area contributed by atoms with Crippen molar-refractivity contribution in [2.45, 2.75) is 37.6 Å². The number of urea groups is 1. The topological polar surface area (TPSA) is 78.4 Å². The van der Waals surface area contributed by atoms with Crippen molar-refractivity contribution in [3.8, 4) is 0 Å². The van der Waals surface area contributed by atoms with Crippen LogP contribution in [0.2, 0.25) is 0 Å². The number of carboxylic acid groups (broad SMARTS) is 1. The third-order valence-corrected chi connectivity index (χ3v) is 3.44. The Morgan fingerprint density at radius 1 is 1.20 bits per heavy atom. The number of carboxylic acids is 1. The Kier molecular flexibility index (Phi) is 4.98. The van der Waals surface area contributed by atoms with Gasteiger partial charge in [0.2, 0.25) is 0 Å². The van der Waals surface area contributed by atoms with Crippen molar-refractivity contribution in [2.75, 3.05) is 6.54 Å². The number of carbonyl (C=O) groups is 2. The van der Waals surface area contributed by atoms with E-state index in [2.05, 4.69) is 22.8 Å². The summed E-state index contributed by atoms with van der Waals surface area (Å²) in [7, 11) is 0. The molecule has 1 fully saturated rings. The lowest BCUT2D eigenvalue weighted by Gasteiger charge is -2.07. The molecule has 0 bridgehead atoms. The normalized spacial score (nSPS) is 20.2. The molecule has 1 aromatic carbocycles. The van der Waals surface area contributed by atoms with Crippen LogP contribution in [0, 0.1) is 0 Å². The van der Waals surface area contributed by atoms with Crippen molar-refractivity contribution in [3.63, 3.8) is 0 Å². The average molecular weight is 276 g/mol. The number of benzene rings is 1. The van der Waals surface area contributed by atoms with Crippen LogP contribution in [0.5, 0.6) is 0 Å². The van der Waals surface area contributed by atoms with Crippen LogP contribution in [0.3, 0.4) is 0 Å². The number of nitrogens with one attached hydrogen (secondary N) is 2. The third kappa shape index (κ3) is 4.57. The van der Waals surface area contributed by atoms with E-state index in [-0.39, 0.29) is 18.5 Å². The predicted molar refractivity (Wildman–Crippen MR) is 75.6 cm³/mol. The van der Waals surface area contributed by atoms with Gasteiger partial charge in [0.05, 0.1) is 0 Å². The summed E-state index contributed by atoms with van der Waals surface area (Å²) in [6, 6.07) is 10.2. The summed E-state index contributed by atoms with van der Waals surface area (Å²) in [5.74, 6) is -0.368. The first-order valence-electron chi connectivity index (χ1n) is 6.98. The van der Waals surface area contributed by atoms with Crippen molar-refractivity contribution in [2.24, 2.45) is 0 Å². The first-order chi connectivity index (χ1) is 9.66. The minimum atomic E-state index is -0.793. The van der Waals surface area contributed by atoms with E-state index in [1.54, 1.807) is 0 Å². The van der Waals surface area contributed by atoms with Crippen LogP contribution >= 0.6 is 0 Å². The molecule has 2 unspecified atom stereocenters. The molecular formula is C15H20N2O3. The molecule has 1 aliphatic rings. The molecule has 20 heavy (non-hydrogen) atoms. The monoisotopic (exact) mass is 276 g/mol. The highest BCUT2D eigenvalue weighted by atomic mass is 16.4. The minimum absolute atomic E-state index is 0.155. The molecule has 2 atom stereocenters. The van der Waals surface area contributed by atoms with Crippen LogP contribution < -0.4 is 10.6 Å². The summed E-state index contributed by atoms with van der Waals surface area (Å²) in [5, 5.41) is 14.2. The van der Waals surface area contributed by atoms with E-state index < -0.39 is 5.97 Å². The Morgan fingerprint density at radius 3 is 2.65 bits per heavy atom.